The van der Waals surface area contributed by atoms with E-state index in [1.54, 1.807) is 0 Å². The highest BCUT2D eigenvalue weighted by molar-refractivity contribution is 5.32. The molecule has 0 aliphatic carbocycles. The maximum atomic E-state index is 11.9. The Labute approximate surface area is 212 Å². The van der Waals surface area contributed by atoms with E-state index in [9.17, 15) is 5.11 Å². The second-order valence-electron chi connectivity index (χ2n) is 9.76. The fourth-order valence-electron chi connectivity index (χ4n) is 4.55. The summed E-state index contributed by atoms with van der Waals surface area (Å²) in [5.74, 6) is 0.862. The molecule has 0 spiro atoms. The lowest BCUT2D eigenvalue weighted by Gasteiger charge is -2.29. The first kappa shape index (κ1) is 27.0. The first-order valence-electron chi connectivity index (χ1n) is 13.2. The maximum absolute atomic E-state index is 11.9. The Balaban J connectivity index is 1.66. The minimum absolute atomic E-state index is 0.676. The molecule has 3 heteroatoms. The number of hydrogen-bond donors (Lipinski definition) is 1. The monoisotopic (exact) mass is 473 g/mol. The van der Waals surface area contributed by atoms with Crippen molar-refractivity contribution in [3.05, 3.63) is 101 Å². The summed E-state index contributed by atoms with van der Waals surface area (Å²) in [6.45, 7) is 12.2. The lowest BCUT2D eigenvalue weighted by Crippen LogP contribution is -2.28. The Bertz CT molecular complexity index is 991. The minimum atomic E-state index is -0.866. The second kappa shape index (κ2) is 13.5. The molecule has 3 aromatic carbocycles. The molecule has 0 aliphatic heterocycles. The molecule has 0 heterocycles. The van der Waals surface area contributed by atoms with Crippen LogP contribution in [0.4, 0.5) is 0 Å². The molecule has 0 aliphatic rings. The van der Waals surface area contributed by atoms with Gasteiger partial charge in [-0.05, 0) is 87.9 Å². The Morgan fingerprint density at radius 3 is 1.80 bits per heavy atom. The average Bonchev–Trinajstić information content (AvgIpc) is 2.88. The largest absolute Gasteiger partial charge is 0.492 e. The Morgan fingerprint density at radius 1 is 0.714 bits per heavy atom. The lowest BCUT2D eigenvalue weighted by molar-refractivity contribution is 0.0167. The van der Waals surface area contributed by atoms with Gasteiger partial charge in [0.25, 0.3) is 0 Å². The van der Waals surface area contributed by atoms with Crippen LogP contribution in [0.3, 0.4) is 0 Å². The molecule has 0 amide bonds. The number of aliphatic hydroxyl groups is 1. The van der Waals surface area contributed by atoms with Crippen LogP contribution in [-0.2, 0) is 18.4 Å². The number of ether oxygens (including phenoxy) is 1. The number of likely N-dealkylation sites (N-methyl/N-ethyl adjacent to an activating group) is 1. The minimum Gasteiger partial charge on any atom is -0.492 e. The van der Waals surface area contributed by atoms with Gasteiger partial charge in [-0.3, -0.25) is 0 Å². The smallest absolute Gasteiger partial charge is 0.119 e. The van der Waals surface area contributed by atoms with Gasteiger partial charge < -0.3 is 14.7 Å². The van der Waals surface area contributed by atoms with Crippen LogP contribution in [0.1, 0.15) is 60.9 Å². The number of aryl methyl sites for hydroxylation is 4. The zero-order chi connectivity index (χ0) is 25.1. The Hall–Kier alpha value is -2.62. The molecule has 0 saturated carbocycles. The van der Waals surface area contributed by atoms with Crippen LogP contribution in [0.5, 0.6) is 5.75 Å². The van der Waals surface area contributed by atoms with Gasteiger partial charge in [0.1, 0.15) is 12.4 Å². The Kier molecular flexibility index (Phi) is 10.4. The van der Waals surface area contributed by atoms with E-state index < -0.39 is 5.60 Å². The van der Waals surface area contributed by atoms with Crippen LogP contribution in [0, 0.1) is 13.8 Å². The molecular formula is C32H43NO2. The van der Waals surface area contributed by atoms with E-state index in [2.05, 4.69) is 81.1 Å². The number of nitrogens with zero attached hydrogens (tertiary/aromatic N) is 1. The summed E-state index contributed by atoms with van der Waals surface area (Å²) >= 11 is 0. The van der Waals surface area contributed by atoms with Gasteiger partial charge in [0.15, 0.2) is 0 Å². The first-order valence-corrected chi connectivity index (χ1v) is 13.2. The zero-order valence-corrected chi connectivity index (χ0v) is 22.1. The summed E-state index contributed by atoms with van der Waals surface area (Å²) in [5, 5.41) is 11.9. The quantitative estimate of drug-likeness (QED) is 0.277. The molecule has 0 aromatic heterocycles. The van der Waals surface area contributed by atoms with E-state index in [-0.39, 0.29) is 0 Å². The summed E-state index contributed by atoms with van der Waals surface area (Å²) in [7, 11) is 0. The lowest BCUT2D eigenvalue weighted by atomic mass is 9.83. The highest BCUT2D eigenvalue weighted by atomic mass is 16.5. The topological polar surface area (TPSA) is 32.7 Å². The summed E-state index contributed by atoms with van der Waals surface area (Å²) in [6, 6.07) is 25.5. The van der Waals surface area contributed by atoms with Crippen LogP contribution >= 0.6 is 0 Å². The van der Waals surface area contributed by atoms with Gasteiger partial charge in [0, 0.05) is 6.54 Å². The molecule has 0 bridgehead atoms. The standard InChI is InChI=1S/C32H43NO2/c1-5-33(6-2)24-25-35-31-19-17-30(18-20-31)32(34,23-21-29-15-11-27(4)12-16-29)22-7-8-28-13-9-26(3)10-14-28/h9-20,34H,5-8,21-25H2,1-4H3. The Morgan fingerprint density at radius 2 is 1.26 bits per heavy atom. The van der Waals surface area contributed by atoms with Crippen LogP contribution < -0.4 is 4.74 Å². The molecule has 35 heavy (non-hydrogen) atoms. The van der Waals surface area contributed by atoms with E-state index in [1.807, 2.05) is 24.3 Å². The molecule has 3 nitrogen and oxygen atoms in total. The maximum Gasteiger partial charge on any atom is 0.119 e. The molecule has 3 aromatic rings. The van der Waals surface area contributed by atoms with Crippen molar-refractivity contribution in [1.29, 1.82) is 0 Å². The third kappa shape index (κ3) is 8.52. The summed E-state index contributed by atoms with van der Waals surface area (Å²) in [5.41, 5.74) is 5.25. The van der Waals surface area contributed by atoms with Crippen molar-refractivity contribution in [1.82, 2.24) is 4.90 Å². The van der Waals surface area contributed by atoms with E-state index in [0.717, 1.165) is 56.6 Å². The molecule has 3 rings (SSSR count). The summed E-state index contributed by atoms with van der Waals surface area (Å²) in [4.78, 5) is 2.35. The normalized spacial score (nSPS) is 13.1. The zero-order valence-electron chi connectivity index (χ0n) is 22.1. The van der Waals surface area contributed by atoms with Crippen molar-refractivity contribution in [2.24, 2.45) is 0 Å². The van der Waals surface area contributed by atoms with Crippen molar-refractivity contribution in [2.75, 3.05) is 26.2 Å². The molecule has 1 unspecified atom stereocenters. The predicted octanol–water partition coefficient (Wildman–Crippen LogP) is 6.87. The molecule has 1 N–H and O–H groups in total. The molecule has 0 saturated heterocycles. The van der Waals surface area contributed by atoms with Crippen LogP contribution in [0.2, 0.25) is 0 Å². The van der Waals surface area contributed by atoms with E-state index in [4.69, 9.17) is 4.74 Å². The summed E-state index contributed by atoms with van der Waals surface area (Å²) in [6.07, 6.45) is 4.19. The summed E-state index contributed by atoms with van der Waals surface area (Å²) < 4.78 is 5.97. The number of hydrogen-bond acceptors (Lipinski definition) is 3. The van der Waals surface area contributed by atoms with Crippen LogP contribution in [-0.4, -0.2) is 36.2 Å². The van der Waals surface area contributed by atoms with Crippen LogP contribution in [0.15, 0.2) is 72.8 Å². The number of rotatable bonds is 14. The van der Waals surface area contributed by atoms with Gasteiger partial charge >= 0.3 is 0 Å². The predicted molar refractivity (Wildman–Crippen MR) is 147 cm³/mol. The third-order valence-electron chi connectivity index (χ3n) is 7.09. The molecule has 0 radical (unpaired) electrons. The average molecular weight is 474 g/mol. The second-order valence-corrected chi connectivity index (χ2v) is 9.76. The van der Waals surface area contributed by atoms with Crippen molar-refractivity contribution >= 4 is 0 Å². The highest BCUT2D eigenvalue weighted by Crippen LogP contribution is 2.33. The van der Waals surface area contributed by atoms with Gasteiger partial charge in [-0.2, -0.15) is 0 Å². The number of benzene rings is 3. The van der Waals surface area contributed by atoms with Crippen molar-refractivity contribution in [3.63, 3.8) is 0 Å². The first-order chi connectivity index (χ1) is 16.9. The highest BCUT2D eigenvalue weighted by Gasteiger charge is 2.28. The van der Waals surface area contributed by atoms with Crippen molar-refractivity contribution in [3.8, 4) is 5.75 Å². The molecule has 188 valence electrons. The van der Waals surface area contributed by atoms with Gasteiger partial charge in [-0.15, -0.1) is 0 Å². The van der Waals surface area contributed by atoms with Gasteiger partial charge in [-0.1, -0.05) is 85.6 Å². The van der Waals surface area contributed by atoms with Gasteiger partial charge in [-0.25, -0.2) is 0 Å². The molecular weight excluding hydrogens is 430 g/mol. The van der Waals surface area contributed by atoms with E-state index in [0.29, 0.717) is 13.0 Å². The van der Waals surface area contributed by atoms with Crippen molar-refractivity contribution in [2.45, 2.75) is 65.4 Å². The third-order valence-corrected chi connectivity index (χ3v) is 7.09. The van der Waals surface area contributed by atoms with Gasteiger partial charge in [0.05, 0.1) is 5.60 Å². The molecule has 1 atom stereocenters. The van der Waals surface area contributed by atoms with Gasteiger partial charge in [0.2, 0.25) is 0 Å². The fourth-order valence-corrected chi connectivity index (χ4v) is 4.55. The van der Waals surface area contributed by atoms with Crippen LogP contribution in [0.25, 0.3) is 0 Å². The SMILES string of the molecule is CCN(CC)CCOc1ccc(C(O)(CCCc2ccc(C)cc2)CCc2ccc(C)cc2)cc1. The van der Waals surface area contributed by atoms with Crippen molar-refractivity contribution < 1.29 is 9.84 Å². The fraction of sp³-hybridized carbons (Fsp3) is 0.438. The van der Waals surface area contributed by atoms with E-state index in [1.165, 1.54) is 22.3 Å². The molecule has 0 fully saturated rings. The van der Waals surface area contributed by atoms with E-state index >= 15 is 0 Å².